The average molecular weight is 214 g/mol. The highest BCUT2D eigenvalue weighted by Gasteiger charge is 2.29. The summed E-state index contributed by atoms with van der Waals surface area (Å²) in [7, 11) is 0. The number of hydrogen-bond donors (Lipinski definition) is 1. The molecule has 0 heterocycles. The number of alkyl halides is 3. The molecule has 0 saturated carbocycles. The molecule has 0 aliphatic carbocycles. The van der Waals surface area contributed by atoms with Crippen LogP contribution < -0.4 is 0 Å². The van der Waals surface area contributed by atoms with Gasteiger partial charge in [-0.05, 0) is 6.42 Å². The summed E-state index contributed by atoms with van der Waals surface area (Å²) in [5.74, 6) is -2.14. The van der Waals surface area contributed by atoms with Gasteiger partial charge >= 0.3 is 18.1 Å². The van der Waals surface area contributed by atoms with E-state index in [2.05, 4.69) is 4.74 Å². The Labute approximate surface area is 77.7 Å². The summed E-state index contributed by atoms with van der Waals surface area (Å²) >= 11 is 0. The molecule has 0 aromatic carbocycles. The molecule has 7 heteroatoms. The minimum atomic E-state index is -4.54. The number of carbonyl (C=O) groups is 2. The van der Waals surface area contributed by atoms with E-state index in [0.29, 0.717) is 0 Å². The lowest BCUT2D eigenvalue weighted by Gasteiger charge is -2.06. The quantitative estimate of drug-likeness (QED) is 0.701. The Bertz CT molecular complexity index is 211. The molecule has 0 aliphatic rings. The molecule has 0 fully saturated rings. The maximum Gasteiger partial charge on any atom is 0.422 e. The molecule has 0 spiro atoms. The van der Waals surface area contributed by atoms with Crippen LogP contribution in [0.1, 0.15) is 19.3 Å². The van der Waals surface area contributed by atoms with E-state index in [9.17, 15) is 22.8 Å². The summed E-state index contributed by atoms with van der Waals surface area (Å²) in [5.41, 5.74) is 0. The van der Waals surface area contributed by atoms with Crippen molar-refractivity contribution in [1.82, 2.24) is 0 Å². The van der Waals surface area contributed by atoms with Crippen LogP contribution in [0, 0.1) is 0 Å². The summed E-state index contributed by atoms with van der Waals surface area (Å²) in [6.45, 7) is -1.63. The topological polar surface area (TPSA) is 63.6 Å². The normalized spacial score (nSPS) is 11.1. The molecule has 0 rings (SSSR count). The third kappa shape index (κ3) is 8.82. The SMILES string of the molecule is O=C(O)CCCC(=O)OCC(F)(F)F. The molecular formula is C7H9F3O4. The summed E-state index contributed by atoms with van der Waals surface area (Å²) in [6.07, 6.45) is -5.14. The summed E-state index contributed by atoms with van der Waals surface area (Å²) < 4.78 is 38.3. The van der Waals surface area contributed by atoms with E-state index in [4.69, 9.17) is 5.11 Å². The predicted molar refractivity (Wildman–Crippen MR) is 38.5 cm³/mol. The number of rotatable bonds is 5. The van der Waals surface area contributed by atoms with Gasteiger partial charge in [0.15, 0.2) is 6.61 Å². The third-order valence-electron chi connectivity index (χ3n) is 1.17. The maximum atomic E-state index is 11.5. The first-order valence-electron chi connectivity index (χ1n) is 3.75. The maximum absolute atomic E-state index is 11.5. The third-order valence-corrected chi connectivity index (χ3v) is 1.17. The smallest absolute Gasteiger partial charge is 0.422 e. The van der Waals surface area contributed by atoms with Gasteiger partial charge in [-0.1, -0.05) is 0 Å². The second-order valence-corrected chi connectivity index (χ2v) is 2.52. The van der Waals surface area contributed by atoms with Crippen molar-refractivity contribution in [3.05, 3.63) is 0 Å². The lowest BCUT2D eigenvalue weighted by Crippen LogP contribution is -2.20. The zero-order valence-electron chi connectivity index (χ0n) is 7.13. The number of carboxylic acid groups (broad SMARTS) is 1. The highest BCUT2D eigenvalue weighted by atomic mass is 19.4. The van der Waals surface area contributed by atoms with E-state index >= 15 is 0 Å². The summed E-state index contributed by atoms with van der Waals surface area (Å²) in [4.78, 5) is 20.5. The van der Waals surface area contributed by atoms with Gasteiger partial charge in [-0.15, -0.1) is 0 Å². The van der Waals surface area contributed by atoms with Gasteiger partial charge in [-0.25, -0.2) is 0 Å². The number of esters is 1. The van der Waals surface area contributed by atoms with Gasteiger partial charge in [0.25, 0.3) is 0 Å². The second-order valence-electron chi connectivity index (χ2n) is 2.52. The van der Waals surface area contributed by atoms with E-state index in [-0.39, 0.29) is 19.3 Å². The first-order chi connectivity index (χ1) is 6.31. The van der Waals surface area contributed by atoms with Crippen molar-refractivity contribution < 1.29 is 32.6 Å². The number of carbonyl (C=O) groups excluding carboxylic acids is 1. The van der Waals surface area contributed by atoms with Crippen LogP contribution >= 0.6 is 0 Å². The fourth-order valence-corrected chi connectivity index (χ4v) is 0.618. The zero-order chi connectivity index (χ0) is 11.2. The van der Waals surface area contributed by atoms with E-state index in [1.54, 1.807) is 0 Å². The van der Waals surface area contributed by atoms with Crippen molar-refractivity contribution >= 4 is 11.9 Å². The van der Waals surface area contributed by atoms with Crippen LogP contribution in [0.2, 0.25) is 0 Å². The first-order valence-corrected chi connectivity index (χ1v) is 3.75. The van der Waals surface area contributed by atoms with Crippen molar-refractivity contribution in [2.45, 2.75) is 25.4 Å². The minimum Gasteiger partial charge on any atom is -0.481 e. The van der Waals surface area contributed by atoms with E-state index in [1.165, 1.54) is 0 Å². The van der Waals surface area contributed by atoms with Crippen molar-refractivity contribution in [2.75, 3.05) is 6.61 Å². The molecule has 82 valence electrons. The average Bonchev–Trinajstić information content (AvgIpc) is 1.99. The van der Waals surface area contributed by atoms with Crippen LogP contribution in [0.5, 0.6) is 0 Å². The molecule has 0 amide bonds. The Morgan fingerprint density at radius 3 is 2.21 bits per heavy atom. The molecule has 0 aliphatic heterocycles. The Balaban J connectivity index is 3.52. The van der Waals surface area contributed by atoms with Gasteiger partial charge in [-0.3, -0.25) is 9.59 Å². The van der Waals surface area contributed by atoms with Gasteiger partial charge in [-0.2, -0.15) is 13.2 Å². The molecule has 0 bridgehead atoms. The van der Waals surface area contributed by atoms with Crippen LogP contribution in [-0.4, -0.2) is 29.8 Å². The summed E-state index contributed by atoms with van der Waals surface area (Å²) in [5, 5.41) is 8.15. The molecule has 1 N–H and O–H groups in total. The Morgan fingerprint density at radius 1 is 1.21 bits per heavy atom. The zero-order valence-corrected chi connectivity index (χ0v) is 7.13. The largest absolute Gasteiger partial charge is 0.481 e. The molecule has 0 saturated heterocycles. The standard InChI is InChI=1S/C7H9F3O4/c8-7(9,10)4-14-6(13)3-1-2-5(11)12/h1-4H2,(H,11,12). The molecular weight excluding hydrogens is 205 g/mol. The Morgan fingerprint density at radius 2 is 1.79 bits per heavy atom. The monoisotopic (exact) mass is 214 g/mol. The lowest BCUT2D eigenvalue weighted by atomic mass is 10.2. The van der Waals surface area contributed by atoms with Gasteiger partial charge in [0.1, 0.15) is 0 Å². The molecule has 0 atom stereocenters. The summed E-state index contributed by atoms with van der Waals surface area (Å²) in [6, 6.07) is 0. The van der Waals surface area contributed by atoms with E-state index in [0.717, 1.165) is 0 Å². The van der Waals surface area contributed by atoms with Gasteiger partial charge < -0.3 is 9.84 Å². The Kier molecular flexibility index (Phi) is 4.96. The number of ether oxygens (including phenoxy) is 1. The van der Waals surface area contributed by atoms with Crippen LogP contribution in [-0.2, 0) is 14.3 Å². The van der Waals surface area contributed by atoms with Crippen LogP contribution in [0.15, 0.2) is 0 Å². The van der Waals surface area contributed by atoms with Crippen molar-refractivity contribution in [1.29, 1.82) is 0 Å². The number of carboxylic acids is 1. The number of aliphatic carboxylic acids is 1. The molecule has 14 heavy (non-hydrogen) atoms. The van der Waals surface area contributed by atoms with Crippen LogP contribution in [0.25, 0.3) is 0 Å². The van der Waals surface area contributed by atoms with Gasteiger partial charge in [0.2, 0.25) is 0 Å². The van der Waals surface area contributed by atoms with E-state index < -0.39 is 24.7 Å². The fourth-order valence-electron chi connectivity index (χ4n) is 0.618. The molecule has 0 aromatic rings. The highest BCUT2D eigenvalue weighted by molar-refractivity contribution is 5.71. The van der Waals surface area contributed by atoms with Crippen molar-refractivity contribution in [2.24, 2.45) is 0 Å². The van der Waals surface area contributed by atoms with Crippen LogP contribution in [0.4, 0.5) is 13.2 Å². The predicted octanol–water partition coefficient (Wildman–Crippen LogP) is 1.35. The first kappa shape index (κ1) is 12.7. The van der Waals surface area contributed by atoms with Crippen LogP contribution in [0.3, 0.4) is 0 Å². The molecule has 4 nitrogen and oxygen atoms in total. The van der Waals surface area contributed by atoms with Gasteiger partial charge in [0, 0.05) is 12.8 Å². The fraction of sp³-hybridized carbons (Fsp3) is 0.714. The highest BCUT2D eigenvalue weighted by Crippen LogP contribution is 2.14. The van der Waals surface area contributed by atoms with E-state index in [1.807, 2.05) is 0 Å². The molecule has 0 unspecified atom stereocenters. The minimum absolute atomic E-state index is 0.0218. The molecule has 0 aromatic heterocycles. The molecule has 0 radical (unpaired) electrons. The van der Waals surface area contributed by atoms with Gasteiger partial charge in [0.05, 0.1) is 0 Å². The lowest BCUT2D eigenvalue weighted by molar-refractivity contribution is -0.186. The number of halogens is 3. The van der Waals surface area contributed by atoms with Crippen molar-refractivity contribution in [3.8, 4) is 0 Å². The Hall–Kier alpha value is -1.27. The van der Waals surface area contributed by atoms with Crippen molar-refractivity contribution in [3.63, 3.8) is 0 Å². The number of hydrogen-bond acceptors (Lipinski definition) is 3. The second kappa shape index (κ2) is 5.46.